The van der Waals surface area contributed by atoms with Gasteiger partial charge in [-0.15, -0.1) is 0 Å². The first-order valence-corrected chi connectivity index (χ1v) is 7.98. The standard InChI is InChI=1S/C17H20N4O4/c1-20-8-5-11-3-4-12(9-13(11)14(20)22)19-16(24)21-7-2-6-17(25,10-21)15(18)23/h3-5,8-9,25H,2,6-7,10H2,1H3,(H2,18,23)(H,19,24). The van der Waals surface area contributed by atoms with E-state index in [1.165, 1.54) is 9.47 Å². The summed E-state index contributed by atoms with van der Waals surface area (Å²) in [7, 11) is 1.66. The molecular weight excluding hydrogens is 324 g/mol. The highest BCUT2D eigenvalue weighted by atomic mass is 16.3. The average Bonchev–Trinajstić information content (AvgIpc) is 2.58. The Hall–Kier alpha value is -2.87. The molecule has 1 saturated heterocycles. The summed E-state index contributed by atoms with van der Waals surface area (Å²) in [6, 6.07) is 6.43. The number of pyridine rings is 1. The second-order valence-electron chi connectivity index (χ2n) is 6.38. The Morgan fingerprint density at radius 1 is 1.32 bits per heavy atom. The van der Waals surface area contributed by atoms with Crippen molar-refractivity contribution in [3.8, 4) is 0 Å². The molecule has 1 aliphatic rings. The van der Waals surface area contributed by atoms with Crippen molar-refractivity contribution < 1.29 is 14.7 Å². The van der Waals surface area contributed by atoms with Gasteiger partial charge in [-0.05, 0) is 36.4 Å². The number of anilines is 1. The molecule has 25 heavy (non-hydrogen) atoms. The molecule has 1 aromatic heterocycles. The number of rotatable bonds is 2. The number of nitrogens with two attached hydrogens (primary N) is 1. The predicted molar refractivity (Wildman–Crippen MR) is 93.2 cm³/mol. The van der Waals surface area contributed by atoms with E-state index in [-0.39, 0.29) is 18.5 Å². The molecule has 1 fully saturated rings. The van der Waals surface area contributed by atoms with Crippen LogP contribution in [0.15, 0.2) is 35.3 Å². The highest BCUT2D eigenvalue weighted by Gasteiger charge is 2.40. The van der Waals surface area contributed by atoms with Crippen molar-refractivity contribution in [1.82, 2.24) is 9.47 Å². The molecule has 3 rings (SSSR count). The lowest BCUT2D eigenvalue weighted by Gasteiger charge is -2.36. The van der Waals surface area contributed by atoms with E-state index in [4.69, 9.17) is 5.73 Å². The van der Waals surface area contributed by atoms with Gasteiger partial charge >= 0.3 is 6.03 Å². The minimum atomic E-state index is -1.70. The van der Waals surface area contributed by atoms with Crippen molar-refractivity contribution in [2.24, 2.45) is 12.8 Å². The van der Waals surface area contributed by atoms with Gasteiger partial charge in [0.15, 0.2) is 5.60 Å². The van der Waals surface area contributed by atoms with Crippen LogP contribution in [0.3, 0.4) is 0 Å². The maximum atomic E-state index is 12.4. The molecule has 0 radical (unpaired) electrons. The monoisotopic (exact) mass is 344 g/mol. The molecule has 2 aromatic rings. The topological polar surface area (TPSA) is 118 Å². The third-order valence-corrected chi connectivity index (χ3v) is 4.55. The maximum Gasteiger partial charge on any atom is 0.321 e. The Morgan fingerprint density at radius 2 is 2.08 bits per heavy atom. The number of hydrogen-bond acceptors (Lipinski definition) is 4. The smallest absolute Gasteiger partial charge is 0.321 e. The van der Waals surface area contributed by atoms with Crippen LogP contribution < -0.4 is 16.6 Å². The second-order valence-corrected chi connectivity index (χ2v) is 6.38. The third-order valence-electron chi connectivity index (χ3n) is 4.55. The van der Waals surface area contributed by atoms with Gasteiger partial charge in [0.2, 0.25) is 0 Å². The van der Waals surface area contributed by atoms with Gasteiger partial charge in [0.1, 0.15) is 0 Å². The molecule has 1 aliphatic heterocycles. The number of likely N-dealkylation sites (tertiary alicyclic amines) is 1. The number of β-amino-alcohol motifs (C(OH)–C–C–N with tert-alkyl or cyclic N) is 1. The van der Waals surface area contributed by atoms with E-state index in [2.05, 4.69) is 5.32 Å². The van der Waals surface area contributed by atoms with Gasteiger partial charge in [-0.2, -0.15) is 0 Å². The fourth-order valence-electron chi connectivity index (χ4n) is 3.03. The second kappa shape index (κ2) is 6.21. The summed E-state index contributed by atoms with van der Waals surface area (Å²) < 4.78 is 1.46. The van der Waals surface area contributed by atoms with Crippen molar-refractivity contribution in [2.75, 3.05) is 18.4 Å². The number of benzene rings is 1. The SMILES string of the molecule is Cn1ccc2ccc(NC(=O)N3CCCC(O)(C(N)=O)C3)cc2c1=O. The van der Waals surface area contributed by atoms with E-state index in [0.29, 0.717) is 24.0 Å². The summed E-state index contributed by atoms with van der Waals surface area (Å²) in [5.74, 6) is -0.834. The quantitative estimate of drug-likeness (QED) is 0.730. The molecule has 8 heteroatoms. The molecule has 0 spiro atoms. The van der Waals surface area contributed by atoms with Gasteiger partial charge in [0.05, 0.1) is 6.54 Å². The number of hydrogen-bond donors (Lipinski definition) is 3. The lowest BCUT2D eigenvalue weighted by molar-refractivity contribution is -0.140. The molecule has 0 bridgehead atoms. The summed E-state index contributed by atoms with van der Waals surface area (Å²) in [6.45, 7) is 0.264. The van der Waals surface area contributed by atoms with Crippen LogP contribution in [0.4, 0.5) is 10.5 Å². The van der Waals surface area contributed by atoms with Crippen molar-refractivity contribution in [3.63, 3.8) is 0 Å². The average molecular weight is 344 g/mol. The van der Waals surface area contributed by atoms with E-state index in [1.807, 2.05) is 6.07 Å². The molecule has 1 unspecified atom stereocenters. The van der Waals surface area contributed by atoms with Crippen LogP contribution in [0, 0.1) is 0 Å². The minimum Gasteiger partial charge on any atom is -0.378 e. The number of fused-ring (bicyclic) bond motifs is 1. The van der Waals surface area contributed by atoms with Crippen molar-refractivity contribution in [2.45, 2.75) is 18.4 Å². The molecule has 8 nitrogen and oxygen atoms in total. The van der Waals surface area contributed by atoms with Crippen LogP contribution >= 0.6 is 0 Å². The highest BCUT2D eigenvalue weighted by molar-refractivity contribution is 5.94. The molecule has 1 atom stereocenters. The van der Waals surface area contributed by atoms with Crippen LogP contribution in [0.25, 0.3) is 10.8 Å². The van der Waals surface area contributed by atoms with Crippen LogP contribution in [0.1, 0.15) is 12.8 Å². The van der Waals surface area contributed by atoms with E-state index in [9.17, 15) is 19.5 Å². The minimum absolute atomic E-state index is 0.149. The van der Waals surface area contributed by atoms with E-state index < -0.39 is 17.5 Å². The molecule has 4 N–H and O–H groups in total. The molecule has 0 saturated carbocycles. The Labute approximate surface area is 143 Å². The third kappa shape index (κ3) is 3.20. The van der Waals surface area contributed by atoms with Gasteiger partial charge in [-0.3, -0.25) is 9.59 Å². The number of carbonyl (C=O) groups excluding carboxylic acids is 2. The van der Waals surface area contributed by atoms with Crippen molar-refractivity contribution in [1.29, 1.82) is 0 Å². The number of nitrogens with zero attached hydrogens (tertiary/aromatic N) is 2. The molecule has 1 aromatic carbocycles. The number of urea groups is 1. The Kier molecular flexibility index (Phi) is 4.22. The van der Waals surface area contributed by atoms with Crippen LogP contribution in [-0.2, 0) is 11.8 Å². The maximum absolute atomic E-state index is 12.4. The number of nitrogens with one attached hydrogen (secondary N) is 1. The summed E-state index contributed by atoms with van der Waals surface area (Å²) in [4.78, 5) is 37.4. The lowest BCUT2D eigenvalue weighted by atomic mass is 9.92. The summed E-state index contributed by atoms with van der Waals surface area (Å²) >= 11 is 0. The first-order chi connectivity index (χ1) is 11.8. The fourth-order valence-corrected chi connectivity index (χ4v) is 3.03. The number of aromatic nitrogens is 1. The Balaban J connectivity index is 1.81. The highest BCUT2D eigenvalue weighted by Crippen LogP contribution is 2.22. The van der Waals surface area contributed by atoms with E-state index >= 15 is 0 Å². The van der Waals surface area contributed by atoms with Crippen molar-refractivity contribution in [3.05, 3.63) is 40.8 Å². The predicted octanol–water partition coefficient (Wildman–Crippen LogP) is 0.383. The number of aliphatic hydroxyl groups is 1. The number of primary amides is 1. The van der Waals surface area contributed by atoms with Gasteiger partial charge in [-0.1, -0.05) is 6.07 Å². The molecule has 132 valence electrons. The normalized spacial score (nSPS) is 20.5. The molecule has 2 heterocycles. The Bertz CT molecular complexity index is 907. The summed E-state index contributed by atoms with van der Waals surface area (Å²) in [5, 5.41) is 14.2. The largest absolute Gasteiger partial charge is 0.378 e. The zero-order valence-electron chi connectivity index (χ0n) is 13.9. The molecule has 0 aliphatic carbocycles. The van der Waals surface area contributed by atoms with Gasteiger partial charge in [0, 0.05) is 30.9 Å². The fraction of sp³-hybridized carbons (Fsp3) is 0.353. The molecule has 3 amide bonds. The van der Waals surface area contributed by atoms with E-state index in [0.717, 1.165) is 5.39 Å². The van der Waals surface area contributed by atoms with Crippen LogP contribution in [-0.4, -0.2) is 45.2 Å². The zero-order chi connectivity index (χ0) is 18.2. The van der Waals surface area contributed by atoms with Gasteiger partial charge < -0.3 is 25.6 Å². The molecular formula is C17H20N4O4. The zero-order valence-corrected chi connectivity index (χ0v) is 13.9. The number of amides is 3. The number of carbonyl (C=O) groups is 2. The first kappa shape index (κ1) is 17.0. The number of piperidine rings is 1. The van der Waals surface area contributed by atoms with Gasteiger partial charge in [-0.25, -0.2) is 4.79 Å². The van der Waals surface area contributed by atoms with E-state index in [1.54, 1.807) is 31.4 Å². The number of aryl methyl sites for hydroxylation is 1. The summed E-state index contributed by atoms with van der Waals surface area (Å²) in [5.41, 5.74) is 3.83. The van der Waals surface area contributed by atoms with Crippen LogP contribution in [0.2, 0.25) is 0 Å². The first-order valence-electron chi connectivity index (χ1n) is 7.98. The Morgan fingerprint density at radius 3 is 2.80 bits per heavy atom. The summed E-state index contributed by atoms with van der Waals surface area (Å²) in [6.07, 6.45) is 2.39. The lowest BCUT2D eigenvalue weighted by Crippen LogP contribution is -2.57. The van der Waals surface area contributed by atoms with Gasteiger partial charge in [0.25, 0.3) is 11.5 Å². The van der Waals surface area contributed by atoms with Crippen molar-refractivity contribution >= 4 is 28.4 Å². The van der Waals surface area contributed by atoms with Crippen LogP contribution in [0.5, 0.6) is 0 Å².